The molecule has 1 heterocycles. The molecule has 88 valence electrons. The highest BCUT2D eigenvalue weighted by Crippen LogP contribution is 2.19. The van der Waals surface area contributed by atoms with Gasteiger partial charge in [-0.1, -0.05) is 0 Å². The molecule has 0 amide bonds. The monoisotopic (exact) mass is 250 g/mol. The first-order valence-corrected chi connectivity index (χ1v) is 5.88. The summed E-state index contributed by atoms with van der Waals surface area (Å²) in [6, 6.07) is 6.76. The van der Waals surface area contributed by atoms with Gasteiger partial charge in [0.1, 0.15) is 11.6 Å². The zero-order valence-electron chi connectivity index (χ0n) is 9.45. The lowest BCUT2D eigenvalue weighted by Gasteiger charge is -2.04. The van der Waals surface area contributed by atoms with Crippen LogP contribution in [0, 0.1) is 12.7 Å². The SMILES string of the molecule is Cc1cc(-c2ccnc(CCCl)n2)ccc1F. The van der Waals surface area contributed by atoms with E-state index in [0.29, 0.717) is 23.7 Å². The Morgan fingerprint density at radius 2 is 2.12 bits per heavy atom. The molecule has 1 aromatic heterocycles. The van der Waals surface area contributed by atoms with Crippen molar-refractivity contribution in [2.75, 3.05) is 5.88 Å². The molecule has 0 aliphatic heterocycles. The summed E-state index contributed by atoms with van der Waals surface area (Å²) in [6.07, 6.45) is 2.33. The number of rotatable bonds is 3. The normalized spacial score (nSPS) is 10.5. The molecule has 0 saturated carbocycles. The molecule has 2 aromatic rings. The third-order valence-electron chi connectivity index (χ3n) is 2.48. The van der Waals surface area contributed by atoms with Crippen LogP contribution in [0.2, 0.25) is 0 Å². The number of aromatic nitrogens is 2. The molecule has 2 rings (SSSR count). The molecule has 0 N–H and O–H groups in total. The van der Waals surface area contributed by atoms with E-state index in [1.54, 1.807) is 25.3 Å². The maximum Gasteiger partial charge on any atom is 0.130 e. The standard InChI is InChI=1S/C13H12ClFN2/c1-9-8-10(2-3-11(9)15)12-5-7-16-13(17-12)4-6-14/h2-3,5,7-8H,4,6H2,1H3. The molecule has 0 unspecified atom stereocenters. The van der Waals surface area contributed by atoms with Crippen LogP contribution in [0.1, 0.15) is 11.4 Å². The average molecular weight is 251 g/mol. The van der Waals surface area contributed by atoms with E-state index in [0.717, 1.165) is 11.3 Å². The second-order valence-corrected chi connectivity index (χ2v) is 4.14. The molecule has 1 aromatic carbocycles. The zero-order valence-corrected chi connectivity index (χ0v) is 10.2. The van der Waals surface area contributed by atoms with Crippen molar-refractivity contribution in [3.8, 4) is 11.3 Å². The van der Waals surface area contributed by atoms with Crippen LogP contribution in [-0.4, -0.2) is 15.8 Å². The van der Waals surface area contributed by atoms with Gasteiger partial charge in [0.2, 0.25) is 0 Å². The minimum absolute atomic E-state index is 0.205. The topological polar surface area (TPSA) is 25.8 Å². The van der Waals surface area contributed by atoms with E-state index in [4.69, 9.17) is 11.6 Å². The molecule has 0 saturated heterocycles. The maximum atomic E-state index is 13.2. The zero-order chi connectivity index (χ0) is 12.3. The number of halogens is 2. The van der Waals surface area contributed by atoms with Crippen molar-refractivity contribution >= 4 is 11.6 Å². The first kappa shape index (κ1) is 12.0. The summed E-state index contributed by atoms with van der Waals surface area (Å²) in [5, 5.41) is 0. The van der Waals surface area contributed by atoms with Gasteiger partial charge in [-0.05, 0) is 36.8 Å². The smallest absolute Gasteiger partial charge is 0.130 e. The first-order valence-electron chi connectivity index (χ1n) is 5.35. The van der Waals surface area contributed by atoms with Gasteiger partial charge in [0.05, 0.1) is 5.69 Å². The fourth-order valence-corrected chi connectivity index (χ4v) is 1.74. The van der Waals surface area contributed by atoms with Crippen LogP contribution in [-0.2, 0) is 6.42 Å². The van der Waals surface area contributed by atoms with Gasteiger partial charge in [-0.15, -0.1) is 11.6 Å². The fourth-order valence-electron chi connectivity index (χ4n) is 1.57. The Labute approximate surface area is 104 Å². The Bertz CT molecular complexity index is 529. The van der Waals surface area contributed by atoms with Crippen molar-refractivity contribution in [3.63, 3.8) is 0 Å². The Balaban J connectivity index is 2.38. The number of aryl methyl sites for hydroxylation is 2. The Morgan fingerprint density at radius 3 is 2.82 bits per heavy atom. The van der Waals surface area contributed by atoms with Crippen LogP contribution in [0.25, 0.3) is 11.3 Å². The van der Waals surface area contributed by atoms with Crippen LogP contribution in [0.5, 0.6) is 0 Å². The largest absolute Gasteiger partial charge is 0.241 e. The molecular formula is C13H12ClFN2. The summed E-state index contributed by atoms with van der Waals surface area (Å²) >= 11 is 5.65. The van der Waals surface area contributed by atoms with Crippen molar-refractivity contribution in [2.24, 2.45) is 0 Å². The highest BCUT2D eigenvalue weighted by Gasteiger charge is 2.04. The van der Waals surface area contributed by atoms with Gasteiger partial charge in [0.25, 0.3) is 0 Å². The molecule has 0 radical (unpaired) electrons. The van der Waals surface area contributed by atoms with E-state index in [1.165, 1.54) is 6.07 Å². The van der Waals surface area contributed by atoms with Crippen molar-refractivity contribution in [2.45, 2.75) is 13.3 Å². The highest BCUT2D eigenvalue weighted by molar-refractivity contribution is 6.17. The number of alkyl halides is 1. The van der Waals surface area contributed by atoms with Crippen molar-refractivity contribution in [3.05, 3.63) is 47.7 Å². The summed E-state index contributed by atoms with van der Waals surface area (Å²) in [5.74, 6) is 0.995. The number of nitrogens with zero attached hydrogens (tertiary/aromatic N) is 2. The lowest BCUT2D eigenvalue weighted by molar-refractivity contribution is 0.619. The van der Waals surface area contributed by atoms with Gasteiger partial charge in [0.15, 0.2) is 0 Å². The van der Waals surface area contributed by atoms with Gasteiger partial charge >= 0.3 is 0 Å². The molecule has 0 aliphatic rings. The second kappa shape index (κ2) is 5.23. The summed E-state index contributed by atoms with van der Waals surface area (Å²) in [6.45, 7) is 1.74. The summed E-state index contributed by atoms with van der Waals surface area (Å²) in [7, 11) is 0. The van der Waals surface area contributed by atoms with Gasteiger partial charge < -0.3 is 0 Å². The summed E-state index contributed by atoms with van der Waals surface area (Å²) in [5.41, 5.74) is 2.30. The second-order valence-electron chi connectivity index (χ2n) is 3.76. The van der Waals surface area contributed by atoms with E-state index < -0.39 is 0 Å². The molecule has 2 nitrogen and oxygen atoms in total. The minimum Gasteiger partial charge on any atom is -0.241 e. The highest BCUT2D eigenvalue weighted by atomic mass is 35.5. The van der Waals surface area contributed by atoms with Crippen LogP contribution in [0.3, 0.4) is 0 Å². The lowest BCUT2D eigenvalue weighted by Crippen LogP contribution is -1.97. The van der Waals surface area contributed by atoms with Gasteiger partial charge in [0, 0.05) is 24.1 Å². The van der Waals surface area contributed by atoms with Crippen molar-refractivity contribution in [1.82, 2.24) is 9.97 Å². The molecule has 0 spiro atoms. The molecule has 0 atom stereocenters. The van der Waals surface area contributed by atoms with Crippen LogP contribution in [0.4, 0.5) is 4.39 Å². The quantitative estimate of drug-likeness (QED) is 0.781. The molecular weight excluding hydrogens is 239 g/mol. The Morgan fingerprint density at radius 1 is 1.29 bits per heavy atom. The lowest BCUT2D eigenvalue weighted by atomic mass is 10.1. The van der Waals surface area contributed by atoms with Crippen LogP contribution < -0.4 is 0 Å². The molecule has 0 aliphatic carbocycles. The summed E-state index contributed by atoms with van der Waals surface area (Å²) in [4.78, 5) is 8.51. The summed E-state index contributed by atoms with van der Waals surface area (Å²) < 4.78 is 13.2. The first-order chi connectivity index (χ1) is 8.20. The van der Waals surface area contributed by atoms with Crippen molar-refractivity contribution in [1.29, 1.82) is 0 Å². The number of hydrogen-bond donors (Lipinski definition) is 0. The van der Waals surface area contributed by atoms with E-state index in [1.807, 2.05) is 6.07 Å². The molecule has 0 fully saturated rings. The van der Waals surface area contributed by atoms with Gasteiger partial charge in [-0.2, -0.15) is 0 Å². The Hall–Kier alpha value is -1.48. The number of hydrogen-bond acceptors (Lipinski definition) is 2. The van der Waals surface area contributed by atoms with E-state index in [2.05, 4.69) is 9.97 Å². The number of benzene rings is 1. The predicted octanol–water partition coefficient (Wildman–Crippen LogP) is 3.37. The Kier molecular flexibility index (Phi) is 3.69. The minimum atomic E-state index is -0.205. The van der Waals surface area contributed by atoms with E-state index >= 15 is 0 Å². The van der Waals surface area contributed by atoms with Crippen molar-refractivity contribution < 1.29 is 4.39 Å². The van der Waals surface area contributed by atoms with Gasteiger partial charge in [-0.3, -0.25) is 0 Å². The molecule has 17 heavy (non-hydrogen) atoms. The maximum absolute atomic E-state index is 13.2. The van der Waals surface area contributed by atoms with Crippen LogP contribution >= 0.6 is 11.6 Å². The third kappa shape index (κ3) is 2.80. The van der Waals surface area contributed by atoms with E-state index in [9.17, 15) is 4.39 Å². The van der Waals surface area contributed by atoms with Gasteiger partial charge in [-0.25, -0.2) is 14.4 Å². The average Bonchev–Trinajstić information content (AvgIpc) is 2.33. The fraction of sp³-hybridized carbons (Fsp3) is 0.231. The third-order valence-corrected chi connectivity index (χ3v) is 2.67. The van der Waals surface area contributed by atoms with E-state index in [-0.39, 0.29) is 5.82 Å². The predicted molar refractivity (Wildman–Crippen MR) is 66.6 cm³/mol. The van der Waals surface area contributed by atoms with Crippen LogP contribution in [0.15, 0.2) is 30.5 Å². The molecule has 0 bridgehead atoms. The molecule has 4 heteroatoms.